The minimum absolute atomic E-state index is 0.00874. The molecule has 0 aliphatic carbocycles. The molecule has 2 amide bonds. The molecule has 3 fully saturated rings. The number of ether oxygens (including phenoxy) is 1. The SMILES string of the molecule is C=CCOC(=O)[C@H]1[C@H]2C(=O)N([C@@H](CO)[C@@H](C)CC)C(C(=O)N(CC=C)CCCCC)C23CC(Br)[C@@H]1S3. The summed E-state index contributed by atoms with van der Waals surface area (Å²) in [4.78, 5) is 45.2. The van der Waals surface area contributed by atoms with Gasteiger partial charge in [0.25, 0.3) is 0 Å². The summed E-state index contributed by atoms with van der Waals surface area (Å²) < 4.78 is 4.69. The van der Waals surface area contributed by atoms with E-state index in [1.54, 1.807) is 27.6 Å². The highest BCUT2D eigenvalue weighted by Gasteiger charge is 2.76. The number of amides is 2. The third-order valence-electron chi connectivity index (χ3n) is 8.11. The number of aliphatic hydroxyl groups excluding tert-OH is 1. The number of fused-ring (bicyclic) bond motifs is 1. The van der Waals surface area contributed by atoms with Gasteiger partial charge in [0.2, 0.25) is 11.8 Å². The molecule has 202 valence electrons. The summed E-state index contributed by atoms with van der Waals surface area (Å²) in [5.74, 6) is -2.06. The highest BCUT2D eigenvalue weighted by atomic mass is 79.9. The number of carbonyl (C=O) groups excluding carboxylic acids is 3. The summed E-state index contributed by atoms with van der Waals surface area (Å²) >= 11 is 5.36. The molecule has 9 heteroatoms. The number of alkyl halides is 1. The fraction of sp³-hybridized carbons (Fsp3) is 0.741. The standard InChI is InChI=1S/C27H41BrN2O5S/c1-6-10-11-13-29(12-7-2)25(33)23-27-15-18(28)22(36-27)20(26(34)35-14-8-3)21(27)24(32)30(23)19(16-31)17(5)9-4/h7-8,17-23,31H,2-3,6,9-16H2,1,4-5H3/t17-,18?,19-,20-,21-,22-,23?,27?/m0/s1. The Morgan fingerprint density at radius 3 is 2.64 bits per heavy atom. The maximum absolute atomic E-state index is 14.3. The number of esters is 1. The van der Waals surface area contributed by atoms with Crippen LogP contribution < -0.4 is 0 Å². The Balaban J connectivity index is 2.09. The molecule has 0 aromatic rings. The summed E-state index contributed by atoms with van der Waals surface area (Å²) in [5.41, 5.74) is 0. The van der Waals surface area contributed by atoms with Crippen LogP contribution in [0.2, 0.25) is 0 Å². The molecular weight excluding hydrogens is 544 g/mol. The van der Waals surface area contributed by atoms with E-state index in [0.717, 1.165) is 25.7 Å². The van der Waals surface area contributed by atoms with Crippen LogP contribution in [0.3, 0.4) is 0 Å². The Bertz CT molecular complexity index is 856. The van der Waals surface area contributed by atoms with Gasteiger partial charge < -0.3 is 19.6 Å². The van der Waals surface area contributed by atoms with E-state index in [9.17, 15) is 19.5 Å². The lowest BCUT2D eigenvalue weighted by Gasteiger charge is -2.41. The molecule has 0 aromatic carbocycles. The van der Waals surface area contributed by atoms with Crippen LogP contribution in [0.15, 0.2) is 25.3 Å². The van der Waals surface area contributed by atoms with Crippen molar-refractivity contribution >= 4 is 45.5 Å². The molecule has 1 N–H and O–H groups in total. The Kier molecular flexibility index (Phi) is 10.1. The summed E-state index contributed by atoms with van der Waals surface area (Å²) in [6.45, 7) is 14.4. The van der Waals surface area contributed by atoms with Crippen LogP contribution in [0.5, 0.6) is 0 Å². The molecule has 3 heterocycles. The second-order valence-corrected chi connectivity index (χ2v) is 13.0. The molecule has 0 saturated carbocycles. The molecule has 3 saturated heterocycles. The summed E-state index contributed by atoms with van der Waals surface area (Å²) in [5, 5.41) is 10.3. The Morgan fingerprint density at radius 1 is 1.33 bits per heavy atom. The average molecular weight is 586 g/mol. The maximum atomic E-state index is 14.3. The average Bonchev–Trinajstić information content (AvgIpc) is 3.45. The van der Waals surface area contributed by atoms with Crippen LogP contribution in [0.4, 0.5) is 0 Å². The fourth-order valence-corrected chi connectivity index (χ4v) is 9.78. The molecule has 3 unspecified atom stereocenters. The molecule has 2 bridgehead atoms. The van der Waals surface area contributed by atoms with E-state index in [-0.39, 0.29) is 41.0 Å². The van der Waals surface area contributed by atoms with Crippen molar-refractivity contribution in [2.75, 3.05) is 26.3 Å². The van der Waals surface area contributed by atoms with Crippen molar-refractivity contribution in [1.82, 2.24) is 9.80 Å². The van der Waals surface area contributed by atoms with Crippen LogP contribution in [0.1, 0.15) is 52.9 Å². The first-order valence-electron chi connectivity index (χ1n) is 13.2. The summed E-state index contributed by atoms with van der Waals surface area (Å²) in [6, 6.07) is -1.26. The number of carbonyl (C=O) groups is 3. The topological polar surface area (TPSA) is 87.1 Å². The molecule has 1 spiro atoms. The Labute approximate surface area is 228 Å². The number of rotatable bonds is 14. The van der Waals surface area contributed by atoms with Gasteiger partial charge in [-0.1, -0.05) is 74.7 Å². The van der Waals surface area contributed by atoms with Gasteiger partial charge in [-0.3, -0.25) is 14.4 Å². The monoisotopic (exact) mass is 584 g/mol. The second kappa shape index (κ2) is 12.5. The number of nitrogens with zero attached hydrogens (tertiary/aromatic N) is 2. The van der Waals surface area contributed by atoms with Gasteiger partial charge in [0.15, 0.2) is 0 Å². The first kappa shape index (κ1) is 29.2. The second-order valence-electron chi connectivity index (χ2n) is 10.2. The molecule has 3 aliphatic heterocycles. The third-order valence-corrected chi connectivity index (χ3v) is 11.3. The number of halogens is 1. The van der Waals surface area contributed by atoms with Crippen LogP contribution in [0.25, 0.3) is 0 Å². The first-order valence-corrected chi connectivity index (χ1v) is 15.0. The zero-order valence-corrected chi connectivity index (χ0v) is 24.1. The number of unbranched alkanes of at least 4 members (excludes halogenated alkanes) is 2. The molecule has 3 rings (SSSR count). The van der Waals surface area contributed by atoms with Crippen molar-refractivity contribution in [2.24, 2.45) is 17.8 Å². The summed E-state index contributed by atoms with van der Waals surface area (Å²) in [6.07, 6.45) is 7.51. The molecule has 3 aliphatic rings. The van der Waals surface area contributed by atoms with E-state index >= 15 is 0 Å². The maximum Gasteiger partial charge on any atom is 0.311 e. The van der Waals surface area contributed by atoms with Gasteiger partial charge >= 0.3 is 5.97 Å². The van der Waals surface area contributed by atoms with Gasteiger partial charge in [-0.15, -0.1) is 18.3 Å². The predicted molar refractivity (Wildman–Crippen MR) is 147 cm³/mol. The number of hydrogen-bond donors (Lipinski definition) is 1. The van der Waals surface area contributed by atoms with Crippen molar-refractivity contribution in [1.29, 1.82) is 0 Å². The van der Waals surface area contributed by atoms with Gasteiger partial charge in [0.05, 0.1) is 29.2 Å². The van der Waals surface area contributed by atoms with E-state index in [0.29, 0.717) is 19.5 Å². The quantitative estimate of drug-likeness (QED) is 0.145. The minimum Gasteiger partial charge on any atom is -0.461 e. The van der Waals surface area contributed by atoms with Crippen LogP contribution in [-0.4, -0.2) is 85.9 Å². The zero-order valence-electron chi connectivity index (χ0n) is 21.7. The van der Waals surface area contributed by atoms with Crippen LogP contribution >= 0.6 is 27.7 Å². The van der Waals surface area contributed by atoms with Crippen molar-refractivity contribution in [3.05, 3.63) is 25.3 Å². The minimum atomic E-state index is -0.755. The van der Waals surface area contributed by atoms with Gasteiger partial charge in [-0.05, 0) is 18.8 Å². The van der Waals surface area contributed by atoms with E-state index in [1.165, 1.54) is 6.08 Å². The third kappa shape index (κ3) is 5.04. The highest BCUT2D eigenvalue weighted by Crippen LogP contribution is 2.68. The Hall–Kier alpha value is -1.32. The largest absolute Gasteiger partial charge is 0.461 e. The normalized spacial score (nSPS) is 32.2. The smallest absolute Gasteiger partial charge is 0.311 e. The van der Waals surface area contributed by atoms with E-state index in [2.05, 4.69) is 36.0 Å². The first-order chi connectivity index (χ1) is 17.2. The Morgan fingerprint density at radius 2 is 2.06 bits per heavy atom. The lowest BCUT2D eigenvalue weighted by Crippen LogP contribution is -2.59. The van der Waals surface area contributed by atoms with Crippen LogP contribution in [-0.2, 0) is 19.1 Å². The number of hydrogen-bond acceptors (Lipinski definition) is 6. The molecule has 0 aromatic heterocycles. The van der Waals surface area contributed by atoms with Crippen molar-refractivity contribution in [2.45, 2.75) is 79.8 Å². The fourth-order valence-electron chi connectivity index (χ4n) is 6.20. The van der Waals surface area contributed by atoms with Crippen LogP contribution in [0, 0.1) is 17.8 Å². The molecule has 7 nitrogen and oxygen atoms in total. The number of likely N-dealkylation sites (tertiary alicyclic amines) is 1. The van der Waals surface area contributed by atoms with E-state index in [1.807, 2.05) is 13.8 Å². The highest BCUT2D eigenvalue weighted by molar-refractivity contribution is 9.09. The van der Waals surface area contributed by atoms with E-state index in [4.69, 9.17) is 4.74 Å². The number of aliphatic hydroxyl groups is 1. The molecule has 36 heavy (non-hydrogen) atoms. The predicted octanol–water partition coefficient (Wildman–Crippen LogP) is 3.79. The van der Waals surface area contributed by atoms with Gasteiger partial charge in [0, 0.05) is 23.2 Å². The number of thioether (sulfide) groups is 1. The molecule has 0 radical (unpaired) electrons. The lowest BCUT2D eigenvalue weighted by molar-refractivity contribution is -0.153. The lowest BCUT2D eigenvalue weighted by atomic mass is 9.71. The molecular formula is C27H41BrN2O5S. The molecule has 8 atom stereocenters. The zero-order chi connectivity index (χ0) is 26.6. The van der Waals surface area contributed by atoms with Crippen molar-refractivity contribution < 1.29 is 24.2 Å². The van der Waals surface area contributed by atoms with Gasteiger partial charge in [0.1, 0.15) is 12.6 Å². The van der Waals surface area contributed by atoms with Gasteiger partial charge in [-0.25, -0.2) is 0 Å². The van der Waals surface area contributed by atoms with Crippen molar-refractivity contribution in [3.63, 3.8) is 0 Å². The van der Waals surface area contributed by atoms with Gasteiger partial charge in [-0.2, -0.15) is 0 Å². The van der Waals surface area contributed by atoms with E-state index < -0.39 is 34.6 Å². The summed E-state index contributed by atoms with van der Waals surface area (Å²) in [7, 11) is 0. The van der Waals surface area contributed by atoms with Crippen molar-refractivity contribution in [3.8, 4) is 0 Å².